The lowest BCUT2D eigenvalue weighted by molar-refractivity contribution is 0.0755. The summed E-state index contributed by atoms with van der Waals surface area (Å²) in [5.74, 6) is 0.857. The minimum absolute atomic E-state index is 0.0520. The van der Waals surface area contributed by atoms with Crippen molar-refractivity contribution in [3.63, 3.8) is 0 Å². The maximum atomic E-state index is 13.1. The van der Waals surface area contributed by atoms with Crippen molar-refractivity contribution in [3.8, 4) is 5.75 Å². The predicted molar refractivity (Wildman–Crippen MR) is 145 cm³/mol. The lowest BCUT2D eigenvalue weighted by Gasteiger charge is -2.40. The Labute approximate surface area is 210 Å². The second kappa shape index (κ2) is 10.7. The Kier molecular flexibility index (Phi) is 7.66. The molecule has 0 bridgehead atoms. The molecule has 2 heterocycles. The first-order valence-corrected chi connectivity index (χ1v) is 13.1. The average Bonchev–Trinajstić information content (AvgIpc) is 2.89. The van der Waals surface area contributed by atoms with Gasteiger partial charge in [-0.15, -0.1) is 0 Å². The Morgan fingerprint density at radius 1 is 0.914 bits per heavy atom. The van der Waals surface area contributed by atoms with Crippen LogP contribution in [0, 0.1) is 0 Å². The highest BCUT2D eigenvalue weighted by atomic mass is 16.5. The third kappa shape index (κ3) is 5.01. The van der Waals surface area contributed by atoms with E-state index < -0.39 is 0 Å². The number of hydrogen-bond donors (Lipinski definition) is 1. The van der Waals surface area contributed by atoms with E-state index >= 15 is 0 Å². The quantitative estimate of drug-likeness (QED) is 0.555. The van der Waals surface area contributed by atoms with Gasteiger partial charge in [-0.05, 0) is 81.8 Å². The topological polar surface area (TPSA) is 44.8 Å². The van der Waals surface area contributed by atoms with Crippen LogP contribution in [0.3, 0.4) is 0 Å². The van der Waals surface area contributed by atoms with E-state index in [1.807, 2.05) is 30.9 Å². The van der Waals surface area contributed by atoms with Crippen molar-refractivity contribution >= 4 is 17.2 Å². The van der Waals surface area contributed by atoms with Crippen LogP contribution in [0.15, 0.2) is 55.1 Å². The lowest BCUT2D eigenvalue weighted by Crippen LogP contribution is -2.46. The first-order chi connectivity index (χ1) is 16.9. The molecule has 0 atom stereocenters. The van der Waals surface area contributed by atoms with E-state index in [0.29, 0.717) is 18.7 Å². The van der Waals surface area contributed by atoms with Gasteiger partial charge in [-0.3, -0.25) is 4.79 Å². The van der Waals surface area contributed by atoms with Crippen LogP contribution in [0.25, 0.3) is 11.3 Å². The zero-order chi connectivity index (χ0) is 25.0. The molecular formula is C30H39N3O2. The first-order valence-electron chi connectivity index (χ1n) is 13.1. The van der Waals surface area contributed by atoms with Gasteiger partial charge in [0.1, 0.15) is 11.4 Å². The summed E-state index contributed by atoms with van der Waals surface area (Å²) in [5.41, 5.74) is 5.90. The highest BCUT2D eigenvalue weighted by molar-refractivity contribution is 5.96. The highest BCUT2D eigenvalue weighted by Gasteiger charge is 2.37. The Balaban J connectivity index is 1.73. The van der Waals surface area contributed by atoms with Gasteiger partial charge in [-0.25, -0.2) is 0 Å². The number of rotatable bonds is 8. The molecule has 1 spiro atoms. The van der Waals surface area contributed by atoms with E-state index in [0.717, 1.165) is 67.2 Å². The molecule has 4 rings (SSSR count). The number of amides is 1. The summed E-state index contributed by atoms with van der Waals surface area (Å²) in [6, 6.07) is 14.6. The fourth-order valence-electron chi connectivity index (χ4n) is 5.21. The second-order valence-electron chi connectivity index (χ2n) is 9.36. The minimum atomic E-state index is -0.353. The largest absolute Gasteiger partial charge is 0.482 e. The smallest absolute Gasteiger partial charge is 0.253 e. The van der Waals surface area contributed by atoms with Gasteiger partial charge in [-0.2, -0.15) is 0 Å². The second-order valence-corrected chi connectivity index (χ2v) is 9.36. The zero-order valence-electron chi connectivity index (χ0n) is 21.7. The molecule has 1 saturated heterocycles. The summed E-state index contributed by atoms with van der Waals surface area (Å²) < 4.78 is 6.66. The van der Waals surface area contributed by atoms with Crippen LogP contribution < -0.4 is 10.1 Å². The van der Waals surface area contributed by atoms with Crippen LogP contribution in [-0.4, -0.2) is 60.6 Å². The molecule has 1 fully saturated rings. The van der Waals surface area contributed by atoms with Gasteiger partial charge in [0, 0.05) is 55.8 Å². The molecule has 5 nitrogen and oxygen atoms in total. The summed E-state index contributed by atoms with van der Waals surface area (Å²) in [6.45, 7) is 17.8. The third-order valence-corrected chi connectivity index (χ3v) is 7.41. The number of carbonyl (C=O) groups is 1. The average molecular weight is 474 g/mol. The molecular weight excluding hydrogens is 434 g/mol. The van der Waals surface area contributed by atoms with Gasteiger partial charge in [0.05, 0.1) is 0 Å². The molecule has 1 N–H and O–H groups in total. The Morgan fingerprint density at radius 3 is 2.11 bits per heavy atom. The van der Waals surface area contributed by atoms with E-state index in [4.69, 9.17) is 4.74 Å². The number of fused-ring (bicyclic) bond motifs is 1. The molecule has 35 heavy (non-hydrogen) atoms. The molecule has 0 aliphatic carbocycles. The fraction of sp³-hybridized carbons (Fsp3) is 0.433. The van der Waals surface area contributed by atoms with E-state index in [1.54, 1.807) is 0 Å². The van der Waals surface area contributed by atoms with Gasteiger partial charge < -0.3 is 19.9 Å². The molecule has 0 aromatic heterocycles. The van der Waals surface area contributed by atoms with Crippen molar-refractivity contribution in [2.24, 2.45) is 0 Å². The number of piperidine rings is 1. The lowest BCUT2D eigenvalue weighted by atomic mass is 9.83. The van der Waals surface area contributed by atoms with E-state index in [-0.39, 0.29) is 11.5 Å². The van der Waals surface area contributed by atoms with Crippen molar-refractivity contribution in [1.82, 2.24) is 15.1 Å². The molecule has 0 saturated carbocycles. The van der Waals surface area contributed by atoms with E-state index in [1.165, 1.54) is 5.57 Å². The molecule has 5 heteroatoms. The molecule has 2 aliphatic heterocycles. The number of hydrogen-bond acceptors (Lipinski definition) is 4. The summed E-state index contributed by atoms with van der Waals surface area (Å²) in [6.07, 6.45) is 4.12. The third-order valence-electron chi connectivity index (χ3n) is 7.41. The summed E-state index contributed by atoms with van der Waals surface area (Å²) in [5, 5.41) is 3.45. The van der Waals surface area contributed by atoms with Crippen LogP contribution in [-0.2, 0) is 0 Å². The van der Waals surface area contributed by atoms with Crippen LogP contribution in [0.4, 0.5) is 0 Å². The minimum Gasteiger partial charge on any atom is -0.482 e. The number of benzene rings is 2. The van der Waals surface area contributed by atoms with Crippen molar-refractivity contribution in [2.45, 2.75) is 46.1 Å². The van der Waals surface area contributed by atoms with E-state index in [2.05, 4.69) is 67.1 Å². The molecule has 1 amide bonds. The molecule has 2 aliphatic rings. The Morgan fingerprint density at radius 2 is 1.51 bits per heavy atom. The Hall–Kier alpha value is -3.05. The standard InChI is InChI=1S/C30H39N3O2/c1-6-32(7-2)22(5)23-10-12-24(13-11-23)27-21-30(16-18-31-19-17-30)35-28-20-25(14-15-26(27)28)29(34)33(8-3)9-4/h10-15,20-21,31H,5-9,16-19H2,1-4H3. The van der Waals surface area contributed by atoms with Crippen LogP contribution >= 0.6 is 0 Å². The number of nitrogens with one attached hydrogen (secondary N) is 1. The van der Waals surface area contributed by atoms with Gasteiger partial charge in [-0.1, -0.05) is 30.8 Å². The highest BCUT2D eigenvalue weighted by Crippen LogP contribution is 2.43. The number of carbonyl (C=O) groups excluding carboxylic acids is 1. The van der Waals surface area contributed by atoms with Crippen molar-refractivity contribution in [1.29, 1.82) is 0 Å². The maximum absolute atomic E-state index is 13.1. The summed E-state index contributed by atoms with van der Waals surface area (Å²) in [4.78, 5) is 17.2. The molecule has 2 aromatic rings. The normalized spacial score (nSPS) is 16.2. The van der Waals surface area contributed by atoms with Crippen molar-refractivity contribution in [3.05, 3.63) is 77.4 Å². The molecule has 0 unspecified atom stereocenters. The maximum Gasteiger partial charge on any atom is 0.253 e. The number of nitrogens with zero attached hydrogens (tertiary/aromatic N) is 2. The van der Waals surface area contributed by atoms with Gasteiger partial charge in [0.15, 0.2) is 0 Å². The monoisotopic (exact) mass is 473 g/mol. The van der Waals surface area contributed by atoms with Crippen LogP contribution in [0.1, 0.15) is 67.6 Å². The predicted octanol–water partition coefficient (Wildman–Crippen LogP) is 5.43. The van der Waals surface area contributed by atoms with E-state index in [9.17, 15) is 4.79 Å². The van der Waals surface area contributed by atoms with Gasteiger partial charge >= 0.3 is 0 Å². The fourth-order valence-corrected chi connectivity index (χ4v) is 5.21. The first kappa shape index (κ1) is 25.1. The van der Waals surface area contributed by atoms with Crippen LogP contribution in [0.2, 0.25) is 0 Å². The SMILES string of the molecule is C=C(c1ccc(C2=CC3(CCNCC3)Oc3cc(C(=O)N(CC)CC)ccc32)cc1)N(CC)CC. The van der Waals surface area contributed by atoms with Crippen molar-refractivity contribution < 1.29 is 9.53 Å². The van der Waals surface area contributed by atoms with Crippen LogP contribution in [0.5, 0.6) is 5.75 Å². The Bertz CT molecular complexity index is 1090. The van der Waals surface area contributed by atoms with Crippen molar-refractivity contribution in [2.75, 3.05) is 39.3 Å². The summed E-state index contributed by atoms with van der Waals surface area (Å²) >= 11 is 0. The van der Waals surface area contributed by atoms with Gasteiger partial charge in [0.25, 0.3) is 5.91 Å². The summed E-state index contributed by atoms with van der Waals surface area (Å²) in [7, 11) is 0. The number of ether oxygens (including phenoxy) is 1. The molecule has 186 valence electrons. The van der Waals surface area contributed by atoms with Gasteiger partial charge in [0.2, 0.25) is 0 Å². The zero-order valence-corrected chi connectivity index (χ0v) is 21.7. The molecule has 0 radical (unpaired) electrons. The molecule has 2 aromatic carbocycles.